The van der Waals surface area contributed by atoms with E-state index in [-0.39, 0.29) is 10.1 Å². The molecule has 0 amide bonds. The van der Waals surface area contributed by atoms with Crippen molar-refractivity contribution in [3.63, 3.8) is 0 Å². The Morgan fingerprint density at radius 3 is 1.12 bits per heavy atom. The number of benzene rings is 2. The molecular formula is C20H28Cl2Si2. The number of rotatable bonds is 3. The Morgan fingerprint density at radius 1 is 0.583 bits per heavy atom. The summed E-state index contributed by atoms with van der Waals surface area (Å²) < 4.78 is 0. The molecule has 0 radical (unpaired) electrons. The summed E-state index contributed by atoms with van der Waals surface area (Å²) >= 11 is 15.5. The maximum absolute atomic E-state index is 7.74. The second kappa shape index (κ2) is 6.64. The third-order valence-electron chi connectivity index (χ3n) is 4.88. The summed E-state index contributed by atoms with van der Waals surface area (Å²) in [5, 5.41) is 2.38. The van der Waals surface area contributed by atoms with Crippen LogP contribution in [0.15, 0.2) is 60.7 Å². The van der Waals surface area contributed by atoms with Crippen molar-refractivity contribution in [1.82, 2.24) is 0 Å². The molecule has 0 heterocycles. The highest BCUT2D eigenvalue weighted by atomic mass is 35.6. The Kier molecular flexibility index (Phi) is 5.47. The fourth-order valence-corrected chi connectivity index (χ4v) is 28.2. The topological polar surface area (TPSA) is 0 Å². The maximum atomic E-state index is 7.74. The van der Waals surface area contributed by atoms with E-state index in [4.69, 9.17) is 22.2 Å². The van der Waals surface area contributed by atoms with Crippen molar-refractivity contribution in [3.05, 3.63) is 60.7 Å². The molecule has 24 heavy (non-hydrogen) atoms. The molecule has 0 saturated carbocycles. The second-order valence-corrected chi connectivity index (χ2v) is 25.1. The number of hydrogen-bond donors (Lipinski definition) is 0. The Morgan fingerprint density at radius 2 is 0.875 bits per heavy atom. The predicted octanol–water partition coefficient (Wildman–Crippen LogP) is 5.85. The normalized spacial score (nSPS) is 13.8. The predicted molar refractivity (Wildman–Crippen MR) is 115 cm³/mol. The van der Waals surface area contributed by atoms with Gasteiger partial charge in [0.2, 0.25) is 6.90 Å². The molecule has 0 unspecified atom stereocenters. The van der Waals surface area contributed by atoms with Gasteiger partial charge in [-0.05, 0) is 20.4 Å². The van der Waals surface area contributed by atoms with Gasteiger partial charge in [0.25, 0.3) is 0 Å². The van der Waals surface area contributed by atoms with Gasteiger partial charge in [-0.2, -0.15) is 22.2 Å². The molecule has 0 aliphatic carbocycles. The van der Waals surface area contributed by atoms with Crippen molar-refractivity contribution in [2.75, 3.05) is 0 Å². The van der Waals surface area contributed by atoms with Gasteiger partial charge in [-0.1, -0.05) is 102 Å². The maximum Gasteiger partial charge on any atom is 0.224 e. The van der Waals surface area contributed by atoms with Gasteiger partial charge in [-0.25, -0.2) is 0 Å². The zero-order valence-electron chi connectivity index (χ0n) is 15.5. The smallest absolute Gasteiger partial charge is 0.167 e. The van der Waals surface area contributed by atoms with Gasteiger partial charge in [-0.15, -0.1) is 0 Å². The van der Waals surface area contributed by atoms with Crippen molar-refractivity contribution < 1.29 is 0 Å². The summed E-state index contributed by atoms with van der Waals surface area (Å²) in [6, 6.07) is 21.1. The highest BCUT2D eigenvalue weighted by Crippen LogP contribution is 2.58. The van der Waals surface area contributed by atoms with E-state index in [1.807, 2.05) is 12.1 Å². The molecule has 2 rings (SSSR count). The molecule has 0 nitrogen and oxygen atoms in total. The number of halogens is 2. The molecule has 2 aromatic rings. The van der Waals surface area contributed by atoms with Crippen LogP contribution in [-0.4, -0.2) is 13.8 Å². The molecule has 0 aliphatic heterocycles. The second-order valence-electron chi connectivity index (χ2n) is 8.55. The standard InChI is InChI=1S/C20H28Cl2Si2/c1-19(2,3)24(22,20(4,5)6)23(21,17-13-9-7-10-14-17)18-15-11-8-12-16-18/h7-16H,1-6H3. The summed E-state index contributed by atoms with van der Waals surface area (Å²) in [7, 11) is 0. The van der Waals surface area contributed by atoms with Crippen LogP contribution in [0.3, 0.4) is 0 Å². The first-order valence-corrected chi connectivity index (χ1v) is 15.5. The fourth-order valence-electron chi connectivity index (χ4n) is 4.06. The van der Waals surface area contributed by atoms with E-state index in [1.165, 1.54) is 10.4 Å². The lowest BCUT2D eigenvalue weighted by Gasteiger charge is -2.54. The highest BCUT2D eigenvalue weighted by molar-refractivity contribution is 7.79. The third kappa shape index (κ3) is 3.03. The van der Waals surface area contributed by atoms with E-state index in [0.29, 0.717) is 0 Å². The van der Waals surface area contributed by atoms with Crippen LogP contribution in [0.4, 0.5) is 0 Å². The molecule has 0 bridgehead atoms. The van der Waals surface area contributed by atoms with Gasteiger partial charge in [0.05, 0.1) is 0 Å². The zero-order chi connectivity index (χ0) is 18.2. The molecule has 0 atom stereocenters. The SMILES string of the molecule is CC(C)(C)[Si](Cl)(C(C)(C)C)[Si](Cl)(c1ccccc1)c1ccccc1. The van der Waals surface area contributed by atoms with Gasteiger partial charge in [-0.3, -0.25) is 0 Å². The monoisotopic (exact) mass is 394 g/mol. The molecule has 0 N–H and O–H groups in total. The Balaban J connectivity index is 2.90. The van der Waals surface area contributed by atoms with E-state index < -0.39 is 13.8 Å². The largest absolute Gasteiger partial charge is 0.224 e. The first-order valence-electron chi connectivity index (χ1n) is 8.45. The molecule has 0 fully saturated rings. The van der Waals surface area contributed by atoms with Crippen molar-refractivity contribution in [1.29, 1.82) is 0 Å². The van der Waals surface area contributed by atoms with E-state index in [1.54, 1.807) is 0 Å². The van der Waals surface area contributed by atoms with Gasteiger partial charge < -0.3 is 0 Å². The molecule has 130 valence electrons. The van der Waals surface area contributed by atoms with Gasteiger partial charge in [0.1, 0.15) is 0 Å². The van der Waals surface area contributed by atoms with E-state index in [0.717, 1.165) is 0 Å². The molecule has 0 saturated heterocycles. The Bertz CT molecular complexity index is 617. The zero-order valence-corrected chi connectivity index (χ0v) is 19.0. The minimum Gasteiger partial charge on any atom is -0.167 e. The van der Waals surface area contributed by atoms with Crippen molar-refractivity contribution in [2.45, 2.75) is 51.6 Å². The summed E-state index contributed by atoms with van der Waals surface area (Å²) in [4.78, 5) is 0. The molecule has 0 spiro atoms. The summed E-state index contributed by atoms with van der Waals surface area (Å²) in [5.41, 5.74) is 0. The number of hydrogen-bond acceptors (Lipinski definition) is 0. The summed E-state index contributed by atoms with van der Waals surface area (Å²) in [6.07, 6.45) is 0. The van der Waals surface area contributed by atoms with E-state index >= 15 is 0 Å². The van der Waals surface area contributed by atoms with Crippen LogP contribution < -0.4 is 10.4 Å². The third-order valence-corrected chi connectivity index (χ3v) is 32.0. The Labute approximate surface area is 158 Å². The van der Waals surface area contributed by atoms with Gasteiger partial charge in [0, 0.05) is 0 Å². The van der Waals surface area contributed by atoms with E-state index in [2.05, 4.69) is 90.1 Å². The van der Waals surface area contributed by atoms with Crippen molar-refractivity contribution in [2.24, 2.45) is 0 Å². The molecule has 2 aromatic carbocycles. The molecule has 0 aliphatic rings. The lowest BCUT2D eigenvalue weighted by molar-refractivity contribution is 0.650. The first-order chi connectivity index (χ1) is 11.0. The quantitative estimate of drug-likeness (QED) is 0.452. The van der Waals surface area contributed by atoms with Crippen LogP contribution in [0.2, 0.25) is 10.1 Å². The van der Waals surface area contributed by atoms with Crippen LogP contribution in [0.1, 0.15) is 41.5 Å². The highest BCUT2D eigenvalue weighted by Gasteiger charge is 2.67. The van der Waals surface area contributed by atoms with Gasteiger partial charge >= 0.3 is 0 Å². The van der Waals surface area contributed by atoms with E-state index in [9.17, 15) is 0 Å². The first kappa shape index (κ1) is 19.8. The van der Waals surface area contributed by atoms with Crippen molar-refractivity contribution >= 4 is 46.3 Å². The fraction of sp³-hybridized carbons (Fsp3) is 0.400. The van der Waals surface area contributed by atoms with Crippen LogP contribution in [-0.2, 0) is 0 Å². The average Bonchev–Trinajstić information content (AvgIpc) is 2.53. The molecule has 4 heteroatoms. The minimum absolute atomic E-state index is 0.0353. The van der Waals surface area contributed by atoms with Crippen molar-refractivity contribution in [3.8, 4) is 0 Å². The van der Waals surface area contributed by atoms with Gasteiger partial charge in [0.15, 0.2) is 6.90 Å². The lowest BCUT2D eigenvalue weighted by Crippen LogP contribution is -2.76. The van der Waals surface area contributed by atoms with Crippen LogP contribution in [0.5, 0.6) is 0 Å². The van der Waals surface area contributed by atoms with Crippen LogP contribution in [0.25, 0.3) is 0 Å². The summed E-state index contributed by atoms with van der Waals surface area (Å²) in [6.45, 7) is 8.47. The lowest BCUT2D eigenvalue weighted by atomic mass is 10.2. The molecular weight excluding hydrogens is 367 g/mol. The Hall–Kier alpha value is -0.546. The van der Waals surface area contributed by atoms with Crippen LogP contribution in [0, 0.1) is 0 Å². The molecule has 0 aromatic heterocycles. The minimum atomic E-state index is -2.65. The average molecular weight is 396 g/mol. The summed E-state index contributed by atoms with van der Waals surface area (Å²) in [5.74, 6) is 0. The van der Waals surface area contributed by atoms with Crippen LogP contribution >= 0.6 is 22.2 Å².